The predicted molar refractivity (Wildman–Crippen MR) is 62.1 cm³/mol. The maximum atomic E-state index is 14.0. The van der Waals surface area contributed by atoms with Gasteiger partial charge in [0, 0.05) is 19.3 Å². The zero-order chi connectivity index (χ0) is 14.9. The molecule has 1 N–H and O–H groups in total. The molecule has 0 aliphatic carbocycles. The zero-order valence-corrected chi connectivity index (χ0v) is 10.3. The molecule has 1 unspecified atom stereocenters. The molecule has 1 aromatic rings. The van der Waals surface area contributed by atoms with Gasteiger partial charge in [0.05, 0.1) is 5.92 Å². The van der Waals surface area contributed by atoms with Gasteiger partial charge in [-0.1, -0.05) is 0 Å². The minimum absolute atomic E-state index is 0.0137. The van der Waals surface area contributed by atoms with E-state index in [1.807, 2.05) is 0 Å². The first-order valence-electron chi connectivity index (χ1n) is 6.00. The molecule has 20 heavy (non-hydrogen) atoms. The number of hydrogen-bond donors (Lipinski definition) is 1. The molecule has 0 amide bonds. The molecule has 1 fully saturated rings. The summed E-state index contributed by atoms with van der Waals surface area (Å²) in [6.45, 7) is -0.184. The SMILES string of the molecule is O=C(O)c1ccnc(N2CCCC(C(F)(F)F)C2)c1F. The lowest BCUT2D eigenvalue weighted by molar-refractivity contribution is -0.176. The Morgan fingerprint density at radius 1 is 1.45 bits per heavy atom. The van der Waals surface area contributed by atoms with E-state index in [2.05, 4.69) is 4.98 Å². The number of anilines is 1. The average Bonchev–Trinajstić information content (AvgIpc) is 2.38. The van der Waals surface area contributed by atoms with Gasteiger partial charge in [0.25, 0.3) is 0 Å². The van der Waals surface area contributed by atoms with Crippen molar-refractivity contribution in [3.63, 3.8) is 0 Å². The Labute approximate surface area is 112 Å². The lowest BCUT2D eigenvalue weighted by atomic mass is 9.97. The number of alkyl halides is 3. The smallest absolute Gasteiger partial charge is 0.393 e. The summed E-state index contributed by atoms with van der Waals surface area (Å²) in [6.07, 6.45) is -3.03. The molecule has 0 saturated carbocycles. The van der Waals surface area contributed by atoms with Crippen molar-refractivity contribution in [2.45, 2.75) is 19.0 Å². The van der Waals surface area contributed by atoms with Crippen LogP contribution in [0.3, 0.4) is 0 Å². The third-order valence-electron chi connectivity index (χ3n) is 3.29. The number of pyridine rings is 1. The van der Waals surface area contributed by atoms with Crippen molar-refractivity contribution in [3.05, 3.63) is 23.6 Å². The van der Waals surface area contributed by atoms with Gasteiger partial charge >= 0.3 is 12.1 Å². The molecule has 8 heteroatoms. The second-order valence-electron chi connectivity index (χ2n) is 4.63. The molecule has 1 aromatic heterocycles. The maximum Gasteiger partial charge on any atom is 0.393 e. The van der Waals surface area contributed by atoms with Crippen molar-refractivity contribution in [2.24, 2.45) is 5.92 Å². The highest BCUT2D eigenvalue weighted by Gasteiger charge is 2.42. The topological polar surface area (TPSA) is 53.4 Å². The number of rotatable bonds is 2. The molecule has 0 spiro atoms. The van der Waals surface area contributed by atoms with Gasteiger partial charge < -0.3 is 10.0 Å². The van der Waals surface area contributed by atoms with Gasteiger partial charge in [-0.2, -0.15) is 13.2 Å². The monoisotopic (exact) mass is 292 g/mol. The maximum absolute atomic E-state index is 14.0. The fourth-order valence-electron chi connectivity index (χ4n) is 2.26. The van der Waals surface area contributed by atoms with E-state index < -0.39 is 36.0 Å². The first-order chi connectivity index (χ1) is 9.30. The van der Waals surface area contributed by atoms with Crippen LogP contribution in [-0.4, -0.2) is 35.3 Å². The third kappa shape index (κ3) is 2.83. The third-order valence-corrected chi connectivity index (χ3v) is 3.29. The van der Waals surface area contributed by atoms with Crippen LogP contribution < -0.4 is 4.90 Å². The number of aromatic carboxylic acids is 1. The highest BCUT2D eigenvalue weighted by Crippen LogP contribution is 2.35. The minimum atomic E-state index is -4.35. The molecule has 110 valence electrons. The van der Waals surface area contributed by atoms with Crippen LogP contribution in [0.1, 0.15) is 23.2 Å². The molecule has 0 radical (unpaired) electrons. The van der Waals surface area contributed by atoms with Crippen LogP contribution in [0.15, 0.2) is 12.3 Å². The van der Waals surface area contributed by atoms with Crippen LogP contribution in [0.2, 0.25) is 0 Å². The Morgan fingerprint density at radius 2 is 2.15 bits per heavy atom. The van der Waals surface area contributed by atoms with Crippen LogP contribution in [0, 0.1) is 11.7 Å². The van der Waals surface area contributed by atoms with Gasteiger partial charge in [-0.25, -0.2) is 14.2 Å². The Balaban J connectivity index is 2.28. The molecule has 1 atom stereocenters. The molecule has 1 saturated heterocycles. The van der Waals surface area contributed by atoms with Crippen molar-refractivity contribution >= 4 is 11.8 Å². The van der Waals surface area contributed by atoms with E-state index in [1.165, 1.54) is 0 Å². The summed E-state index contributed by atoms with van der Waals surface area (Å²) >= 11 is 0. The summed E-state index contributed by atoms with van der Waals surface area (Å²) in [6, 6.07) is 0.979. The number of nitrogens with zero attached hydrogens (tertiary/aromatic N) is 2. The van der Waals surface area contributed by atoms with Crippen molar-refractivity contribution in [1.82, 2.24) is 4.98 Å². The number of halogens is 4. The van der Waals surface area contributed by atoms with Gasteiger partial charge in [-0.15, -0.1) is 0 Å². The van der Waals surface area contributed by atoms with E-state index >= 15 is 0 Å². The number of carboxylic acid groups (broad SMARTS) is 1. The molecule has 0 aromatic carbocycles. The largest absolute Gasteiger partial charge is 0.478 e. The summed E-state index contributed by atoms with van der Waals surface area (Å²) < 4.78 is 52.1. The molecular formula is C12H12F4N2O2. The summed E-state index contributed by atoms with van der Waals surface area (Å²) in [5.74, 6) is -4.46. The fraction of sp³-hybridized carbons (Fsp3) is 0.500. The van der Waals surface area contributed by atoms with Gasteiger partial charge in [0.2, 0.25) is 0 Å². The highest BCUT2D eigenvalue weighted by molar-refractivity contribution is 5.88. The number of hydrogen-bond acceptors (Lipinski definition) is 3. The van der Waals surface area contributed by atoms with E-state index in [-0.39, 0.29) is 25.2 Å². The quantitative estimate of drug-likeness (QED) is 0.852. The zero-order valence-electron chi connectivity index (χ0n) is 10.3. The van der Waals surface area contributed by atoms with E-state index in [0.717, 1.165) is 17.2 Å². The lowest BCUT2D eigenvalue weighted by Gasteiger charge is -2.34. The van der Waals surface area contributed by atoms with Crippen LogP contribution >= 0.6 is 0 Å². The van der Waals surface area contributed by atoms with Gasteiger partial charge in [0.1, 0.15) is 5.56 Å². The van der Waals surface area contributed by atoms with Crippen molar-refractivity contribution < 1.29 is 27.5 Å². The second-order valence-corrected chi connectivity index (χ2v) is 4.63. The molecular weight excluding hydrogens is 280 g/mol. The average molecular weight is 292 g/mol. The minimum Gasteiger partial charge on any atom is -0.478 e. The molecule has 2 rings (SSSR count). The fourth-order valence-corrected chi connectivity index (χ4v) is 2.26. The van der Waals surface area contributed by atoms with Crippen molar-refractivity contribution in [2.75, 3.05) is 18.0 Å². The van der Waals surface area contributed by atoms with Gasteiger partial charge in [-0.05, 0) is 18.9 Å². The summed E-state index contributed by atoms with van der Waals surface area (Å²) in [5.41, 5.74) is -0.593. The number of carbonyl (C=O) groups is 1. The van der Waals surface area contributed by atoms with Crippen LogP contribution in [0.4, 0.5) is 23.4 Å². The van der Waals surface area contributed by atoms with Gasteiger partial charge in [0.15, 0.2) is 11.6 Å². The van der Waals surface area contributed by atoms with E-state index in [1.54, 1.807) is 0 Å². The molecule has 2 heterocycles. The molecule has 1 aliphatic heterocycles. The van der Waals surface area contributed by atoms with Gasteiger partial charge in [-0.3, -0.25) is 0 Å². The highest BCUT2D eigenvalue weighted by atomic mass is 19.4. The predicted octanol–water partition coefficient (Wildman–Crippen LogP) is 2.70. The van der Waals surface area contributed by atoms with Crippen LogP contribution in [0.5, 0.6) is 0 Å². The van der Waals surface area contributed by atoms with Crippen LogP contribution in [-0.2, 0) is 0 Å². The van der Waals surface area contributed by atoms with E-state index in [0.29, 0.717) is 0 Å². The number of carboxylic acids is 1. The molecule has 0 bridgehead atoms. The first-order valence-corrected chi connectivity index (χ1v) is 6.00. The van der Waals surface area contributed by atoms with Crippen molar-refractivity contribution in [3.8, 4) is 0 Å². The summed E-state index contributed by atoms with van der Waals surface area (Å²) in [7, 11) is 0. The van der Waals surface area contributed by atoms with Crippen LogP contribution in [0.25, 0.3) is 0 Å². The first kappa shape index (κ1) is 14.5. The Bertz CT molecular complexity index is 519. The van der Waals surface area contributed by atoms with E-state index in [9.17, 15) is 22.4 Å². The second kappa shape index (κ2) is 5.26. The number of piperidine rings is 1. The normalized spacial score (nSPS) is 20.0. The lowest BCUT2D eigenvalue weighted by Crippen LogP contribution is -2.42. The number of aromatic nitrogens is 1. The van der Waals surface area contributed by atoms with Crippen molar-refractivity contribution in [1.29, 1.82) is 0 Å². The molecule has 1 aliphatic rings. The summed E-state index contributed by atoms with van der Waals surface area (Å²) in [5, 5.41) is 8.80. The Hall–Kier alpha value is -1.86. The van der Waals surface area contributed by atoms with E-state index in [4.69, 9.17) is 5.11 Å². The molecule has 4 nitrogen and oxygen atoms in total. The standard InChI is InChI=1S/C12H12F4N2O2/c13-9-8(11(19)20)3-4-17-10(9)18-5-1-2-7(6-18)12(14,15)16/h3-4,7H,1-2,5-6H2,(H,19,20). The summed E-state index contributed by atoms with van der Waals surface area (Å²) in [4.78, 5) is 15.7. The Morgan fingerprint density at radius 3 is 2.75 bits per heavy atom. The Kier molecular flexibility index (Phi) is 3.82.